The van der Waals surface area contributed by atoms with Gasteiger partial charge >= 0.3 is 0 Å². The van der Waals surface area contributed by atoms with Crippen molar-refractivity contribution < 1.29 is 4.42 Å². The smallest absolute Gasteiger partial charge is 0.159 e. The minimum absolute atomic E-state index is 0.0576. The predicted octanol–water partition coefficient (Wildman–Crippen LogP) is 12.8. The zero-order valence-corrected chi connectivity index (χ0v) is 27.6. The number of fused-ring (bicyclic) bond motifs is 11. The van der Waals surface area contributed by atoms with E-state index in [1.807, 2.05) is 0 Å². The SMILES string of the molecule is CC1(C)c2ccccc2-c2cc(N(c3ccc4c(c3)-c3ccccc3C4(C)C)c3cccc4c3oc3ccc5ccccc5c34)ccc21. The van der Waals surface area contributed by atoms with Crippen molar-refractivity contribution in [3.05, 3.63) is 162 Å². The quantitative estimate of drug-likeness (QED) is 0.196. The topological polar surface area (TPSA) is 16.4 Å². The second-order valence-corrected chi connectivity index (χ2v) is 14.6. The largest absolute Gasteiger partial charge is 0.454 e. The standard InChI is InChI=1S/C46H35NO/c1-45(2)37-17-9-7-14-32(37)35-26-29(21-23-39(35)45)47(30-22-24-40-36(27-30)33-15-8-10-18-38(33)46(40,3)4)41-19-11-16-34-43-31-13-6-5-12-28(31)20-25-42(43)48-44(34)41/h5-27H,1-4H3. The molecule has 0 radical (unpaired) electrons. The van der Waals surface area contributed by atoms with Crippen molar-refractivity contribution in [2.45, 2.75) is 38.5 Å². The Balaban J connectivity index is 1.26. The molecule has 8 aromatic rings. The molecule has 0 saturated heterocycles. The number of furan rings is 1. The molecule has 1 aromatic heterocycles. The number of benzene rings is 7. The molecule has 0 spiro atoms. The van der Waals surface area contributed by atoms with Gasteiger partial charge in [-0.1, -0.05) is 131 Å². The van der Waals surface area contributed by atoms with Crippen LogP contribution in [0.5, 0.6) is 0 Å². The summed E-state index contributed by atoms with van der Waals surface area (Å²) >= 11 is 0. The monoisotopic (exact) mass is 617 g/mol. The molecule has 0 saturated carbocycles. The van der Waals surface area contributed by atoms with E-state index in [2.05, 4.69) is 172 Å². The maximum atomic E-state index is 6.84. The first-order valence-corrected chi connectivity index (χ1v) is 16.9. The van der Waals surface area contributed by atoms with Crippen LogP contribution in [-0.2, 0) is 10.8 Å². The zero-order chi connectivity index (χ0) is 32.4. The Bertz CT molecular complexity index is 2530. The van der Waals surface area contributed by atoms with Crippen molar-refractivity contribution in [2.75, 3.05) is 4.90 Å². The number of anilines is 3. The summed E-state index contributed by atoms with van der Waals surface area (Å²) in [6.45, 7) is 9.37. The number of rotatable bonds is 3. The van der Waals surface area contributed by atoms with E-state index in [4.69, 9.17) is 4.42 Å². The molecule has 0 bridgehead atoms. The lowest BCUT2D eigenvalue weighted by Crippen LogP contribution is -2.16. The second kappa shape index (κ2) is 9.49. The Hall–Kier alpha value is -5.60. The van der Waals surface area contributed by atoms with E-state index in [1.165, 1.54) is 60.7 Å². The summed E-state index contributed by atoms with van der Waals surface area (Å²) in [5.74, 6) is 0. The fourth-order valence-corrected chi connectivity index (χ4v) is 8.85. The van der Waals surface area contributed by atoms with Gasteiger partial charge in [0.1, 0.15) is 5.58 Å². The summed E-state index contributed by atoms with van der Waals surface area (Å²) in [5, 5.41) is 4.73. The van der Waals surface area contributed by atoms with E-state index in [9.17, 15) is 0 Å². The first-order chi connectivity index (χ1) is 23.3. The minimum Gasteiger partial charge on any atom is -0.454 e. The van der Waals surface area contributed by atoms with Gasteiger partial charge in [-0.2, -0.15) is 0 Å². The van der Waals surface area contributed by atoms with Crippen molar-refractivity contribution in [1.82, 2.24) is 0 Å². The van der Waals surface area contributed by atoms with E-state index in [1.54, 1.807) is 0 Å². The van der Waals surface area contributed by atoms with Crippen molar-refractivity contribution in [1.29, 1.82) is 0 Å². The summed E-state index contributed by atoms with van der Waals surface area (Å²) in [6.07, 6.45) is 0. The van der Waals surface area contributed by atoms with Crippen LogP contribution in [0.15, 0.2) is 144 Å². The Morgan fingerprint density at radius 2 is 1.00 bits per heavy atom. The Labute approximate surface area is 280 Å². The normalized spacial score (nSPS) is 15.0. The lowest BCUT2D eigenvalue weighted by Gasteiger charge is -2.28. The van der Waals surface area contributed by atoms with Gasteiger partial charge in [0, 0.05) is 33.0 Å². The highest BCUT2D eigenvalue weighted by Gasteiger charge is 2.37. The third-order valence-electron chi connectivity index (χ3n) is 11.3. The van der Waals surface area contributed by atoms with E-state index in [0.717, 1.165) is 33.6 Å². The van der Waals surface area contributed by atoms with Crippen LogP contribution in [0.4, 0.5) is 17.1 Å². The van der Waals surface area contributed by atoms with Crippen LogP contribution in [0.2, 0.25) is 0 Å². The van der Waals surface area contributed by atoms with Crippen LogP contribution in [-0.4, -0.2) is 0 Å². The highest BCUT2D eigenvalue weighted by Crippen LogP contribution is 2.54. The van der Waals surface area contributed by atoms with Gasteiger partial charge in [-0.25, -0.2) is 0 Å². The van der Waals surface area contributed by atoms with Crippen LogP contribution in [0.1, 0.15) is 49.9 Å². The average Bonchev–Trinajstić information content (AvgIpc) is 3.69. The molecule has 0 aliphatic heterocycles. The van der Waals surface area contributed by atoms with Crippen molar-refractivity contribution in [3.63, 3.8) is 0 Å². The average molecular weight is 618 g/mol. The van der Waals surface area contributed by atoms with Gasteiger partial charge in [0.15, 0.2) is 5.58 Å². The summed E-state index contributed by atoms with van der Waals surface area (Å²) in [7, 11) is 0. The molecule has 1 heterocycles. The van der Waals surface area contributed by atoms with Crippen LogP contribution < -0.4 is 4.90 Å². The molecule has 10 rings (SSSR count). The molecule has 230 valence electrons. The molecule has 0 atom stereocenters. The zero-order valence-electron chi connectivity index (χ0n) is 27.6. The fraction of sp³-hybridized carbons (Fsp3) is 0.130. The number of hydrogen-bond donors (Lipinski definition) is 0. The number of nitrogens with zero attached hydrogens (tertiary/aromatic N) is 1. The summed E-state index contributed by atoms with van der Waals surface area (Å²) in [5.41, 5.74) is 15.7. The molecular formula is C46H35NO. The second-order valence-electron chi connectivity index (χ2n) is 14.6. The van der Waals surface area contributed by atoms with E-state index in [-0.39, 0.29) is 10.8 Å². The summed E-state index contributed by atoms with van der Waals surface area (Å²) in [4.78, 5) is 2.41. The Kier molecular flexibility index (Phi) is 5.44. The third kappa shape index (κ3) is 3.58. The van der Waals surface area contributed by atoms with Crippen LogP contribution in [0.25, 0.3) is 55.0 Å². The molecule has 2 aliphatic carbocycles. The first-order valence-electron chi connectivity index (χ1n) is 16.9. The highest BCUT2D eigenvalue weighted by atomic mass is 16.3. The minimum atomic E-state index is -0.0576. The molecule has 7 aromatic carbocycles. The van der Waals surface area contributed by atoms with Crippen molar-refractivity contribution >= 4 is 49.8 Å². The van der Waals surface area contributed by atoms with Crippen molar-refractivity contribution in [2.24, 2.45) is 0 Å². The number of para-hydroxylation sites is 1. The predicted molar refractivity (Wildman–Crippen MR) is 201 cm³/mol. The van der Waals surface area contributed by atoms with Gasteiger partial charge in [-0.05, 0) is 91.7 Å². The molecule has 0 amide bonds. The van der Waals surface area contributed by atoms with Crippen LogP contribution >= 0.6 is 0 Å². The van der Waals surface area contributed by atoms with E-state index in [0.29, 0.717) is 0 Å². The maximum absolute atomic E-state index is 6.84. The van der Waals surface area contributed by atoms with Gasteiger partial charge < -0.3 is 9.32 Å². The van der Waals surface area contributed by atoms with Gasteiger partial charge in [-0.3, -0.25) is 0 Å². The Morgan fingerprint density at radius 1 is 0.458 bits per heavy atom. The Morgan fingerprint density at radius 3 is 1.65 bits per heavy atom. The van der Waals surface area contributed by atoms with Crippen molar-refractivity contribution in [3.8, 4) is 22.3 Å². The molecule has 0 N–H and O–H groups in total. The maximum Gasteiger partial charge on any atom is 0.159 e. The van der Waals surface area contributed by atoms with Gasteiger partial charge in [0.05, 0.1) is 5.69 Å². The fourth-order valence-electron chi connectivity index (χ4n) is 8.85. The van der Waals surface area contributed by atoms with Crippen LogP contribution in [0.3, 0.4) is 0 Å². The van der Waals surface area contributed by atoms with Gasteiger partial charge in [0.2, 0.25) is 0 Å². The summed E-state index contributed by atoms with van der Waals surface area (Å²) < 4.78 is 6.84. The highest BCUT2D eigenvalue weighted by molar-refractivity contribution is 6.21. The van der Waals surface area contributed by atoms with E-state index < -0.39 is 0 Å². The molecule has 0 fully saturated rings. The van der Waals surface area contributed by atoms with Gasteiger partial charge in [0.25, 0.3) is 0 Å². The van der Waals surface area contributed by atoms with Crippen LogP contribution in [0, 0.1) is 0 Å². The number of hydrogen-bond acceptors (Lipinski definition) is 2. The third-order valence-corrected chi connectivity index (χ3v) is 11.3. The molecule has 2 aliphatic rings. The lowest BCUT2D eigenvalue weighted by atomic mass is 9.82. The molecule has 2 nitrogen and oxygen atoms in total. The molecule has 0 unspecified atom stereocenters. The van der Waals surface area contributed by atoms with Gasteiger partial charge in [-0.15, -0.1) is 0 Å². The molecular weight excluding hydrogens is 583 g/mol. The first kappa shape index (κ1) is 27.5. The summed E-state index contributed by atoms with van der Waals surface area (Å²) in [6, 6.07) is 51.3. The molecule has 48 heavy (non-hydrogen) atoms. The van der Waals surface area contributed by atoms with E-state index >= 15 is 0 Å². The lowest BCUT2D eigenvalue weighted by molar-refractivity contribution is 0.660. The molecule has 2 heteroatoms.